The fourth-order valence-electron chi connectivity index (χ4n) is 1.87. The van der Waals surface area contributed by atoms with Crippen LogP contribution in [0, 0.1) is 6.92 Å². The number of aryl methyl sites for hydroxylation is 1. The van der Waals surface area contributed by atoms with Crippen LogP contribution in [0.25, 0.3) is 10.6 Å². The zero-order valence-electron chi connectivity index (χ0n) is 11.9. The first kappa shape index (κ1) is 14.3. The minimum absolute atomic E-state index is 0.246. The fraction of sp³-hybridized carbons (Fsp3) is 0.133. The molecule has 0 saturated heterocycles. The highest BCUT2D eigenvalue weighted by Crippen LogP contribution is 2.27. The minimum Gasteiger partial charge on any atom is -0.346 e. The average molecular weight is 311 g/mol. The van der Waals surface area contributed by atoms with Crippen molar-refractivity contribution >= 4 is 17.2 Å². The lowest BCUT2D eigenvalue weighted by Crippen LogP contribution is -2.23. The zero-order chi connectivity index (χ0) is 15.4. The summed E-state index contributed by atoms with van der Waals surface area (Å²) in [5.41, 5.74) is 2.18. The topological polar surface area (TPSA) is 80.7 Å². The van der Waals surface area contributed by atoms with Crippen molar-refractivity contribution in [2.75, 3.05) is 0 Å². The summed E-state index contributed by atoms with van der Waals surface area (Å²) in [5.74, 6) is -0.246. The van der Waals surface area contributed by atoms with Gasteiger partial charge in [-0.1, -0.05) is 0 Å². The van der Waals surface area contributed by atoms with Gasteiger partial charge in [-0.3, -0.25) is 14.8 Å². The second-order valence-electron chi connectivity index (χ2n) is 4.54. The van der Waals surface area contributed by atoms with Crippen LogP contribution in [0.4, 0.5) is 0 Å². The SMILES string of the molecule is Cc1nc(-c2cccnc2)sc1CNC(=O)c1cnccn1. The van der Waals surface area contributed by atoms with Gasteiger partial charge in [-0.2, -0.15) is 0 Å². The van der Waals surface area contributed by atoms with E-state index in [0.717, 1.165) is 21.1 Å². The van der Waals surface area contributed by atoms with Crippen molar-refractivity contribution < 1.29 is 4.79 Å². The van der Waals surface area contributed by atoms with E-state index in [1.54, 1.807) is 23.7 Å². The molecule has 3 rings (SSSR count). The summed E-state index contributed by atoms with van der Waals surface area (Å²) in [6.45, 7) is 2.35. The van der Waals surface area contributed by atoms with Crippen LogP contribution < -0.4 is 5.32 Å². The molecule has 0 atom stereocenters. The first-order valence-corrected chi connectivity index (χ1v) is 7.46. The second-order valence-corrected chi connectivity index (χ2v) is 5.63. The van der Waals surface area contributed by atoms with Crippen LogP contribution in [-0.4, -0.2) is 25.8 Å². The van der Waals surface area contributed by atoms with Crippen LogP contribution >= 0.6 is 11.3 Å². The van der Waals surface area contributed by atoms with Crippen molar-refractivity contribution in [1.82, 2.24) is 25.3 Å². The van der Waals surface area contributed by atoms with E-state index < -0.39 is 0 Å². The van der Waals surface area contributed by atoms with Crippen molar-refractivity contribution in [2.45, 2.75) is 13.5 Å². The molecular weight excluding hydrogens is 298 g/mol. The van der Waals surface area contributed by atoms with Gasteiger partial charge in [0.05, 0.1) is 18.4 Å². The van der Waals surface area contributed by atoms with E-state index in [1.165, 1.54) is 18.6 Å². The molecule has 0 aliphatic heterocycles. The number of nitrogens with one attached hydrogen (secondary N) is 1. The monoisotopic (exact) mass is 311 g/mol. The predicted molar refractivity (Wildman–Crippen MR) is 83.3 cm³/mol. The van der Waals surface area contributed by atoms with Crippen LogP contribution in [0.3, 0.4) is 0 Å². The van der Waals surface area contributed by atoms with E-state index in [4.69, 9.17) is 0 Å². The lowest BCUT2D eigenvalue weighted by molar-refractivity contribution is 0.0946. The lowest BCUT2D eigenvalue weighted by atomic mass is 10.3. The van der Waals surface area contributed by atoms with E-state index in [-0.39, 0.29) is 5.91 Å². The number of hydrogen-bond donors (Lipinski definition) is 1. The summed E-state index contributed by atoms with van der Waals surface area (Å²) < 4.78 is 0. The zero-order valence-corrected chi connectivity index (χ0v) is 12.7. The van der Waals surface area contributed by atoms with E-state index in [1.807, 2.05) is 19.1 Å². The number of rotatable bonds is 4. The Morgan fingerprint density at radius 3 is 2.82 bits per heavy atom. The van der Waals surface area contributed by atoms with Gasteiger partial charge in [0.2, 0.25) is 0 Å². The smallest absolute Gasteiger partial charge is 0.271 e. The van der Waals surface area contributed by atoms with Gasteiger partial charge in [-0.05, 0) is 19.1 Å². The number of hydrogen-bond acceptors (Lipinski definition) is 6. The maximum absolute atomic E-state index is 12.0. The number of pyridine rings is 1. The minimum atomic E-state index is -0.246. The quantitative estimate of drug-likeness (QED) is 0.799. The average Bonchev–Trinajstić information content (AvgIpc) is 2.95. The van der Waals surface area contributed by atoms with Gasteiger partial charge >= 0.3 is 0 Å². The van der Waals surface area contributed by atoms with Gasteiger partial charge < -0.3 is 5.32 Å². The molecule has 0 bridgehead atoms. The van der Waals surface area contributed by atoms with Crippen LogP contribution in [0.15, 0.2) is 43.1 Å². The largest absolute Gasteiger partial charge is 0.346 e. The molecule has 1 amide bonds. The van der Waals surface area contributed by atoms with E-state index in [0.29, 0.717) is 12.2 Å². The number of nitrogens with zero attached hydrogens (tertiary/aromatic N) is 4. The second kappa shape index (κ2) is 6.40. The maximum atomic E-state index is 12.0. The summed E-state index contributed by atoms with van der Waals surface area (Å²) in [6.07, 6.45) is 7.97. The Morgan fingerprint density at radius 1 is 1.23 bits per heavy atom. The molecule has 0 unspecified atom stereocenters. The third-order valence-electron chi connectivity index (χ3n) is 3.01. The molecule has 22 heavy (non-hydrogen) atoms. The summed E-state index contributed by atoms with van der Waals surface area (Å²) >= 11 is 1.55. The molecule has 1 N–H and O–H groups in total. The molecule has 0 fully saturated rings. The highest BCUT2D eigenvalue weighted by Gasteiger charge is 2.12. The molecule has 0 spiro atoms. The summed E-state index contributed by atoms with van der Waals surface area (Å²) in [6, 6.07) is 3.84. The molecular formula is C15H13N5OS. The highest BCUT2D eigenvalue weighted by atomic mass is 32.1. The lowest BCUT2D eigenvalue weighted by Gasteiger charge is -2.02. The molecule has 0 saturated carbocycles. The number of amides is 1. The van der Waals surface area contributed by atoms with Crippen LogP contribution in [0.2, 0.25) is 0 Å². The standard InChI is InChI=1S/C15H13N5OS/c1-10-13(9-19-14(21)12-8-17-5-6-18-12)22-15(20-10)11-3-2-4-16-7-11/h2-8H,9H2,1H3,(H,19,21). The van der Waals surface area contributed by atoms with Crippen LogP contribution in [0.1, 0.15) is 21.1 Å². The summed E-state index contributed by atoms with van der Waals surface area (Å²) in [5, 5.41) is 3.73. The molecule has 0 aliphatic carbocycles. The molecule has 6 nitrogen and oxygen atoms in total. The molecule has 3 aromatic heterocycles. The molecule has 3 heterocycles. The highest BCUT2D eigenvalue weighted by molar-refractivity contribution is 7.15. The van der Waals surface area contributed by atoms with E-state index >= 15 is 0 Å². The fourth-order valence-corrected chi connectivity index (χ4v) is 2.86. The first-order chi connectivity index (χ1) is 10.7. The Bertz CT molecular complexity index is 773. The molecule has 7 heteroatoms. The summed E-state index contributed by atoms with van der Waals surface area (Å²) in [4.78, 5) is 29.5. The Hall–Kier alpha value is -2.67. The third-order valence-corrected chi connectivity index (χ3v) is 4.21. The maximum Gasteiger partial charge on any atom is 0.271 e. The summed E-state index contributed by atoms with van der Waals surface area (Å²) in [7, 11) is 0. The normalized spacial score (nSPS) is 10.4. The Morgan fingerprint density at radius 2 is 2.09 bits per heavy atom. The van der Waals surface area contributed by atoms with Crippen molar-refractivity contribution in [1.29, 1.82) is 0 Å². The molecule has 0 aliphatic rings. The molecule has 110 valence electrons. The number of carbonyl (C=O) groups excluding carboxylic acids is 1. The Balaban J connectivity index is 1.71. The molecule has 0 radical (unpaired) electrons. The van der Waals surface area contributed by atoms with Crippen molar-refractivity contribution in [3.63, 3.8) is 0 Å². The predicted octanol–water partition coefficient (Wildman–Crippen LogP) is 2.23. The van der Waals surface area contributed by atoms with Crippen LogP contribution in [-0.2, 0) is 6.54 Å². The van der Waals surface area contributed by atoms with Gasteiger partial charge in [0.15, 0.2) is 0 Å². The van der Waals surface area contributed by atoms with Crippen molar-refractivity contribution in [2.24, 2.45) is 0 Å². The van der Waals surface area contributed by atoms with Gasteiger partial charge in [0.25, 0.3) is 5.91 Å². The first-order valence-electron chi connectivity index (χ1n) is 6.65. The van der Waals surface area contributed by atoms with Crippen LogP contribution in [0.5, 0.6) is 0 Å². The van der Waals surface area contributed by atoms with E-state index in [9.17, 15) is 4.79 Å². The molecule has 0 aromatic carbocycles. The Kier molecular flexibility index (Phi) is 4.15. The number of thiazole rings is 1. The van der Waals surface area contributed by atoms with Gasteiger partial charge in [-0.25, -0.2) is 9.97 Å². The van der Waals surface area contributed by atoms with Crippen molar-refractivity contribution in [3.05, 3.63) is 59.4 Å². The molecule has 3 aromatic rings. The number of aromatic nitrogens is 4. The van der Waals surface area contributed by atoms with Crippen molar-refractivity contribution in [3.8, 4) is 10.6 Å². The van der Waals surface area contributed by atoms with E-state index in [2.05, 4.69) is 25.3 Å². The number of carbonyl (C=O) groups is 1. The van der Waals surface area contributed by atoms with Gasteiger partial charge in [-0.15, -0.1) is 11.3 Å². The Labute approximate surface area is 131 Å². The third kappa shape index (κ3) is 3.15. The van der Waals surface area contributed by atoms with Gasteiger partial charge in [0.1, 0.15) is 10.7 Å². The van der Waals surface area contributed by atoms with Gasteiger partial charge in [0, 0.05) is 35.2 Å².